The fourth-order valence-electron chi connectivity index (χ4n) is 3.66. The van der Waals surface area contributed by atoms with Crippen LogP contribution in [0.3, 0.4) is 0 Å². The molecule has 26 heavy (non-hydrogen) atoms. The lowest BCUT2D eigenvalue weighted by Crippen LogP contribution is -2.23. The van der Waals surface area contributed by atoms with Gasteiger partial charge in [0.05, 0.1) is 24.0 Å². The van der Waals surface area contributed by atoms with Crippen molar-refractivity contribution >= 4 is 17.3 Å². The summed E-state index contributed by atoms with van der Waals surface area (Å²) in [4.78, 5) is 12.4. The van der Waals surface area contributed by atoms with Gasteiger partial charge in [-0.25, -0.2) is 0 Å². The average molecular weight is 351 g/mol. The maximum Gasteiger partial charge on any atom is 0.251 e. The zero-order chi connectivity index (χ0) is 17.9. The SMILES string of the molecule is CC1=NN(c2ccc(C(=O)NCc3ccn(C4CCCC4)n3)cc2)CC1. The number of anilines is 1. The minimum atomic E-state index is -0.0759. The van der Waals surface area contributed by atoms with Gasteiger partial charge in [-0.15, -0.1) is 0 Å². The maximum atomic E-state index is 12.4. The Morgan fingerprint density at radius 2 is 1.96 bits per heavy atom. The van der Waals surface area contributed by atoms with Crippen molar-refractivity contribution in [2.75, 3.05) is 11.6 Å². The monoisotopic (exact) mass is 351 g/mol. The van der Waals surface area contributed by atoms with Crippen molar-refractivity contribution in [3.63, 3.8) is 0 Å². The Hall–Kier alpha value is -2.63. The summed E-state index contributed by atoms with van der Waals surface area (Å²) < 4.78 is 2.06. The van der Waals surface area contributed by atoms with Gasteiger partial charge in [-0.3, -0.25) is 14.5 Å². The highest BCUT2D eigenvalue weighted by molar-refractivity contribution is 5.94. The summed E-state index contributed by atoms with van der Waals surface area (Å²) in [6.07, 6.45) is 8.02. The minimum absolute atomic E-state index is 0.0759. The number of hydrazone groups is 1. The van der Waals surface area contributed by atoms with E-state index in [0.717, 1.165) is 30.1 Å². The molecule has 1 N–H and O–H groups in total. The fraction of sp³-hybridized carbons (Fsp3) is 0.450. The molecule has 2 aromatic rings. The molecule has 4 rings (SSSR count). The van der Waals surface area contributed by atoms with Crippen LogP contribution in [0, 0.1) is 0 Å². The second-order valence-electron chi connectivity index (χ2n) is 7.16. The zero-order valence-electron chi connectivity index (χ0n) is 15.2. The molecule has 136 valence electrons. The molecule has 0 bridgehead atoms. The molecule has 6 nitrogen and oxygen atoms in total. The summed E-state index contributed by atoms with van der Waals surface area (Å²) in [5.74, 6) is -0.0759. The van der Waals surface area contributed by atoms with Gasteiger partial charge in [0.15, 0.2) is 0 Å². The third-order valence-electron chi connectivity index (χ3n) is 5.20. The Labute approximate surface area is 153 Å². The van der Waals surface area contributed by atoms with Gasteiger partial charge in [0, 0.05) is 30.4 Å². The molecular formula is C20H25N5O. The van der Waals surface area contributed by atoms with Crippen LogP contribution >= 0.6 is 0 Å². The third-order valence-corrected chi connectivity index (χ3v) is 5.20. The number of aromatic nitrogens is 2. The number of carbonyl (C=O) groups excluding carboxylic acids is 1. The van der Waals surface area contributed by atoms with Crippen LogP contribution in [0.4, 0.5) is 5.69 Å². The van der Waals surface area contributed by atoms with Crippen molar-refractivity contribution in [2.24, 2.45) is 5.10 Å². The van der Waals surface area contributed by atoms with Crippen LogP contribution in [-0.2, 0) is 6.54 Å². The summed E-state index contributed by atoms with van der Waals surface area (Å²) in [7, 11) is 0. The van der Waals surface area contributed by atoms with Gasteiger partial charge in [0.2, 0.25) is 0 Å². The Kier molecular flexibility index (Phi) is 4.73. The maximum absolute atomic E-state index is 12.4. The number of benzene rings is 1. The molecule has 0 saturated heterocycles. The van der Waals surface area contributed by atoms with Crippen molar-refractivity contribution in [3.8, 4) is 0 Å². The van der Waals surface area contributed by atoms with Crippen LogP contribution < -0.4 is 10.3 Å². The van der Waals surface area contributed by atoms with E-state index >= 15 is 0 Å². The quantitative estimate of drug-likeness (QED) is 0.896. The Balaban J connectivity index is 1.33. The number of hydrogen-bond donors (Lipinski definition) is 1. The van der Waals surface area contributed by atoms with Crippen LogP contribution in [0.5, 0.6) is 0 Å². The van der Waals surface area contributed by atoms with E-state index in [1.165, 1.54) is 25.7 Å². The Morgan fingerprint density at radius 3 is 2.65 bits per heavy atom. The highest BCUT2D eigenvalue weighted by Gasteiger charge is 2.18. The smallest absolute Gasteiger partial charge is 0.251 e. The lowest BCUT2D eigenvalue weighted by Gasteiger charge is -2.14. The Bertz CT molecular complexity index is 802. The highest BCUT2D eigenvalue weighted by Crippen LogP contribution is 2.28. The predicted octanol–water partition coefficient (Wildman–Crippen LogP) is 3.51. The molecule has 0 atom stereocenters. The fourth-order valence-corrected chi connectivity index (χ4v) is 3.66. The molecule has 2 heterocycles. The summed E-state index contributed by atoms with van der Waals surface area (Å²) >= 11 is 0. The molecule has 1 aromatic carbocycles. The number of nitrogens with zero attached hydrogens (tertiary/aromatic N) is 4. The molecule has 1 aromatic heterocycles. The number of rotatable bonds is 5. The van der Waals surface area contributed by atoms with Crippen LogP contribution in [-0.4, -0.2) is 27.9 Å². The minimum Gasteiger partial charge on any atom is -0.346 e. The van der Waals surface area contributed by atoms with Crippen LogP contribution in [0.2, 0.25) is 0 Å². The predicted molar refractivity (Wildman–Crippen MR) is 102 cm³/mol. The average Bonchev–Trinajstić information content (AvgIpc) is 3.41. The number of nitrogens with one attached hydrogen (secondary N) is 1. The molecule has 0 unspecified atom stereocenters. The van der Waals surface area contributed by atoms with E-state index < -0.39 is 0 Å². The molecule has 2 aliphatic rings. The van der Waals surface area contributed by atoms with Gasteiger partial charge in [-0.05, 0) is 50.1 Å². The second-order valence-corrected chi connectivity index (χ2v) is 7.16. The zero-order valence-corrected chi connectivity index (χ0v) is 15.2. The highest BCUT2D eigenvalue weighted by atomic mass is 16.1. The summed E-state index contributed by atoms with van der Waals surface area (Å²) in [6.45, 7) is 3.40. The van der Waals surface area contributed by atoms with E-state index in [2.05, 4.69) is 20.2 Å². The van der Waals surface area contributed by atoms with Crippen molar-refractivity contribution in [2.45, 2.75) is 51.6 Å². The van der Waals surface area contributed by atoms with Crippen molar-refractivity contribution in [1.82, 2.24) is 15.1 Å². The Morgan fingerprint density at radius 1 is 1.19 bits per heavy atom. The number of amides is 1. The number of hydrogen-bond acceptors (Lipinski definition) is 4. The second kappa shape index (κ2) is 7.32. The van der Waals surface area contributed by atoms with E-state index in [1.807, 2.05) is 48.5 Å². The summed E-state index contributed by atoms with van der Waals surface area (Å²) in [6, 6.07) is 10.1. The summed E-state index contributed by atoms with van der Waals surface area (Å²) in [5.41, 5.74) is 3.73. The van der Waals surface area contributed by atoms with Crippen LogP contribution in [0.25, 0.3) is 0 Å². The lowest BCUT2D eigenvalue weighted by molar-refractivity contribution is 0.0950. The topological polar surface area (TPSA) is 62.5 Å². The van der Waals surface area contributed by atoms with Crippen molar-refractivity contribution < 1.29 is 4.79 Å². The molecule has 1 amide bonds. The van der Waals surface area contributed by atoms with Gasteiger partial charge in [-0.1, -0.05) is 12.8 Å². The first-order valence-corrected chi connectivity index (χ1v) is 9.43. The first kappa shape index (κ1) is 16.8. The third kappa shape index (κ3) is 3.64. The van der Waals surface area contributed by atoms with Gasteiger partial charge in [-0.2, -0.15) is 10.2 Å². The van der Waals surface area contributed by atoms with Crippen molar-refractivity contribution in [1.29, 1.82) is 0 Å². The van der Waals surface area contributed by atoms with E-state index in [4.69, 9.17) is 0 Å². The molecule has 1 fully saturated rings. The largest absolute Gasteiger partial charge is 0.346 e. The van der Waals surface area contributed by atoms with Gasteiger partial charge < -0.3 is 5.32 Å². The van der Waals surface area contributed by atoms with Gasteiger partial charge in [0.25, 0.3) is 5.91 Å². The lowest BCUT2D eigenvalue weighted by atomic mass is 10.2. The van der Waals surface area contributed by atoms with Crippen molar-refractivity contribution in [3.05, 3.63) is 47.8 Å². The molecule has 0 spiro atoms. The van der Waals surface area contributed by atoms with Gasteiger partial charge >= 0.3 is 0 Å². The van der Waals surface area contributed by atoms with Crippen LogP contribution in [0.15, 0.2) is 41.6 Å². The van der Waals surface area contributed by atoms with E-state index in [-0.39, 0.29) is 5.91 Å². The number of carbonyl (C=O) groups is 1. The van der Waals surface area contributed by atoms with Gasteiger partial charge in [0.1, 0.15) is 0 Å². The molecule has 1 saturated carbocycles. The van der Waals surface area contributed by atoms with E-state index in [1.54, 1.807) is 0 Å². The first-order chi connectivity index (χ1) is 12.7. The van der Waals surface area contributed by atoms with E-state index in [9.17, 15) is 4.79 Å². The van der Waals surface area contributed by atoms with E-state index in [0.29, 0.717) is 18.2 Å². The van der Waals surface area contributed by atoms with Crippen LogP contribution in [0.1, 0.15) is 61.1 Å². The molecule has 6 heteroatoms. The standard InChI is InChI=1S/C20H25N5O/c1-15-10-12-24(22-15)19-8-6-16(7-9-19)20(26)21-14-17-11-13-25(23-17)18-4-2-3-5-18/h6-9,11,13,18H,2-5,10,12,14H2,1H3,(H,21,26). The molecule has 1 aliphatic carbocycles. The molecule has 1 aliphatic heterocycles. The molecule has 0 radical (unpaired) electrons. The first-order valence-electron chi connectivity index (χ1n) is 9.43. The summed E-state index contributed by atoms with van der Waals surface area (Å²) in [5, 5.41) is 14.0. The molecular weight excluding hydrogens is 326 g/mol. The normalized spacial score (nSPS) is 17.6.